The van der Waals surface area contributed by atoms with Gasteiger partial charge in [-0.1, -0.05) is 13.8 Å². The van der Waals surface area contributed by atoms with E-state index in [2.05, 4.69) is 34.6 Å². The fraction of sp³-hybridized carbons (Fsp3) is 1.00. The van der Waals surface area contributed by atoms with Crippen molar-refractivity contribution in [2.45, 2.75) is 58.8 Å². The molecular weight excluding hydrogens is 164 g/mol. The molecule has 3 atom stereocenters. The van der Waals surface area contributed by atoms with Crippen molar-refractivity contribution in [1.29, 1.82) is 0 Å². The van der Waals surface area contributed by atoms with Gasteiger partial charge in [-0.25, -0.2) is 0 Å². The molecule has 1 aliphatic rings. The molecule has 1 aliphatic heterocycles. The summed E-state index contributed by atoms with van der Waals surface area (Å²) in [6.45, 7) is 10.9. The highest BCUT2D eigenvalue weighted by molar-refractivity contribution is 4.99. The summed E-state index contributed by atoms with van der Waals surface area (Å²) in [6, 6.07) is 0. The third-order valence-electron chi connectivity index (χ3n) is 3.94. The minimum absolute atomic E-state index is 0.0654. The summed E-state index contributed by atoms with van der Waals surface area (Å²) in [5, 5.41) is 0. The van der Waals surface area contributed by atoms with Crippen molar-refractivity contribution < 1.29 is 9.47 Å². The van der Waals surface area contributed by atoms with Crippen molar-refractivity contribution in [3.8, 4) is 0 Å². The van der Waals surface area contributed by atoms with Gasteiger partial charge in [0.25, 0.3) is 0 Å². The lowest BCUT2D eigenvalue weighted by Gasteiger charge is -2.52. The quantitative estimate of drug-likeness (QED) is 0.626. The van der Waals surface area contributed by atoms with E-state index < -0.39 is 0 Å². The topological polar surface area (TPSA) is 18.5 Å². The molecule has 3 unspecified atom stereocenters. The summed E-state index contributed by atoms with van der Waals surface area (Å²) in [6.07, 6.45) is 1.52. The van der Waals surface area contributed by atoms with Crippen LogP contribution in [-0.4, -0.2) is 24.9 Å². The molecule has 13 heavy (non-hydrogen) atoms. The molecule has 2 nitrogen and oxygen atoms in total. The van der Waals surface area contributed by atoms with Gasteiger partial charge in [0, 0.05) is 18.9 Å². The van der Waals surface area contributed by atoms with Crippen LogP contribution < -0.4 is 0 Å². The highest BCUT2D eigenvalue weighted by Gasteiger charge is 2.50. The third-order valence-corrected chi connectivity index (χ3v) is 3.94. The minimum Gasteiger partial charge on any atom is -0.378 e. The van der Waals surface area contributed by atoms with Crippen LogP contribution >= 0.6 is 0 Å². The molecule has 0 bridgehead atoms. The highest BCUT2D eigenvalue weighted by Crippen LogP contribution is 2.45. The summed E-state index contributed by atoms with van der Waals surface area (Å²) in [7, 11) is 1.80. The summed E-state index contributed by atoms with van der Waals surface area (Å²) >= 11 is 0. The first kappa shape index (κ1) is 11.0. The smallest absolute Gasteiger partial charge is 0.0750 e. The van der Waals surface area contributed by atoms with E-state index >= 15 is 0 Å². The number of ether oxygens (including phenoxy) is 2. The number of hydrogen-bond donors (Lipinski definition) is 0. The van der Waals surface area contributed by atoms with Crippen molar-refractivity contribution in [3.63, 3.8) is 0 Å². The lowest BCUT2D eigenvalue weighted by Crippen LogP contribution is -2.57. The largest absolute Gasteiger partial charge is 0.378 e. The van der Waals surface area contributed by atoms with E-state index in [0.717, 1.165) is 6.42 Å². The maximum absolute atomic E-state index is 5.82. The normalized spacial score (nSPS) is 44.8. The Bertz CT molecular complexity index is 189. The number of rotatable bonds is 1. The zero-order chi connectivity index (χ0) is 10.3. The maximum atomic E-state index is 5.82. The van der Waals surface area contributed by atoms with E-state index in [0.29, 0.717) is 6.10 Å². The molecule has 0 aromatic carbocycles. The Balaban J connectivity index is 2.92. The van der Waals surface area contributed by atoms with Crippen molar-refractivity contribution in [2.75, 3.05) is 7.11 Å². The lowest BCUT2D eigenvalue weighted by atomic mass is 9.68. The zero-order valence-corrected chi connectivity index (χ0v) is 9.68. The van der Waals surface area contributed by atoms with Gasteiger partial charge in [-0.2, -0.15) is 0 Å². The van der Waals surface area contributed by atoms with Gasteiger partial charge in [-0.15, -0.1) is 0 Å². The van der Waals surface area contributed by atoms with E-state index in [-0.39, 0.29) is 17.1 Å². The average molecular weight is 186 g/mol. The molecule has 0 aromatic rings. The van der Waals surface area contributed by atoms with Crippen molar-refractivity contribution in [3.05, 3.63) is 0 Å². The lowest BCUT2D eigenvalue weighted by molar-refractivity contribution is -0.219. The van der Waals surface area contributed by atoms with Gasteiger partial charge in [0.15, 0.2) is 0 Å². The molecule has 1 rings (SSSR count). The standard InChI is InChI=1S/C11H22O2/c1-8-7-11(5,12-6)10(3,4)9(2)13-8/h8-9H,7H2,1-6H3. The molecule has 0 amide bonds. The van der Waals surface area contributed by atoms with Gasteiger partial charge in [0.1, 0.15) is 0 Å². The van der Waals surface area contributed by atoms with Crippen LogP contribution in [0.15, 0.2) is 0 Å². The van der Waals surface area contributed by atoms with E-state index in [1.807, 2.05) is 0 Å². The van der Waals surface area contributed by atoms with Crippen LogP contribution in [0.3, 0.4) is 0 Å². The van der Waals surface area contributed by atoms with Crippen LogP contribution in [0, 0.1) is 5.41 Å². The first-order valence-corrected chi connectivity index (χ1v) is 5.04. The van der Waals surface area contributed by atoms with Gasteiger partial charge >= 0.3 is 0 Å². The fourth-order valence-corrected chi connectivity index (χ4v) is 2.15. The second kappa shape index (κ2) is 3.25. The molecule has 0 radical (unpaired) electrons. The Morgan fingerprint density at radius 1 is 1.23 bits per heavy atom. The van der Waals surface area contributed by atoms with Crippen LogP contribution in [-0.2, 0) is 9.47 Å². The average Bonchev–Trinajstić information content (AvgIpc) is 2.01. The van der Waals surface area contributed by atoms with Crippen molar-refractivity contribution in [2.24, 2.45) is 5.41 Å². The highest BCUT2D eigenvalue weighted by atomic mass is 16.5. The summed E-state index contributed by atoms with van der Waals surface area (Å²) in [5.74, 6) is 0. The molecule has 78 valence electrons. The van der Waals surface area contributed by atoms with E-state index in [4.69, 9.17) is 9.47 Å². The van der Waals surface area contributed by atoms with Gasteiger partial charge in [0.2, 0.25) is 0 Å². The van der Waals surface area contributed by atoms with Crippen LogP contribution in [0.25, 0.3) is 0 Å². The van der Waals surface area contributed by atoms with Gasteiger partial charge in [0.05, 0.1) is 17.8 Å². The molecular formula is C11H22O2. The Morgan fingerprint density at radius 2 is 1.77 bits per heavy atom. The fourth-order valence-electron chi connectivity index (χ4n) is 2.15. The van der Waals surface area contributed by atoms with E-state index in [1.54, 1.807) is 7.11 Å². The first-order chi connectivity index (χ1) is 5.83. The molecule has 0 N–H and O–H groups in total. The SMILES string of the molecule is COC1(C)CC(C)OC(C)C1(C)C. The van der Waals surface area contributed by atoms with Crippen LogP contribution in [0.4, 0.5) is 0 Å². The zero-order valence-electron chi connectivity index (χ0n) is 9.68. The molecule has 0 aromatic heterocycles. The van der Waals surface area contributed by atoms with E-state index in [9.17, 15) is 0 Å². The first-order valence-electron chi connectivity index (χ1n) is 5.04. The minimum atomic E-state index is -0.0654. The number of hydrogen-bond acceptors (Lipinski definition) is 2. The predicted octanol–water partition coefficient (Wildman–Crippen LogP) is 2.62. The summed E-state index contributed by atoms with van der Waals surface area (Å²) in [5.41, 5.74) is 0.0122. The van der Waals surface area contributed by atoms with Crippen molar-refractivity contribution in [1.82, 2.24) is 0 Å². The predicted molar refractivity (Wildman–Crippen MR) is 53.8 cm³/mol. The molecule has 0 saturated carbocycles. The molecule has 2 heteroatoms. The summed E-state index contributed by atoms with van der Waals surface area (Å²) in [4.78, 5) is 0. The second-order valence-electron chi connectivity index (χ2n) is 4.95. The van der Waals surface area contributed by atoms with Crippen molar-refractivity contribution >= 4 is 0 Å². The van der Waals surface area contributed by atoms with Gasteiger partial charge < -0.3 is 9.47 Å². The Kier molecular flexibility index (Phi) is 2.75. The van der Waals surface area contributed by atoms with Crippen LogP contribution in [0.5, 0.6) is 0 Å². The van der Waals surface area contributed by atoms with E-state index in [1.165, 1.54) is 0 Å². The monoisotopic (exact) mass is 186 g/mol. The maximum Gasteiger partial charge on any atom is 0.0750 e. The Hall–Kier alpha value is -0.0800. The molecule has 1 heterocycles. The van der Waals surface area contributed by atoms with Crippen LogP contribution in [0.2, 0.25) is 0 Å². The number of methoxy groups -OCH3 is 1. The second-order valence-corrected chi connectivity index (χ2v) is 4.95. The molecule has 0 aliphatic carbocycles. The van der Waals surface area contributed by atoms with Gasteiger partial charge in [-0.3, -0.25) is 0 Å². The third kappa shape index (κ3) is 1.62. The molecule has 0 spiro atoms. The van der Waals surface area contributed by atoms with Gasteiger partial charge in [-0.05, 0) is 20.8 Å². The Labute approximate surface area is 81.6 Å². The van der Waals surface area contributed by atoms with Crippen LogP contribution in [0.1, 0.15) is 41.0 Å². The molecule has 1 fully saturated rings. The Morgan fingerprint density at radius 3 is 2.23 bits per heavy atom. The summed E-state index contributed by atoms with van der Waals surface area (Å²) < 4.78 is 11.5. The molecule has 1 saturated heterocycles.